The Morgan fingerprint density at radius 2 is 1.91 bits per heavy atom. The third kappa shape index (κ3) is 9.91. The molecule has 0 aliphatic heterocycles. The van der Waals surface area contributed by atoms with E-state index in [9.17, 15) is 0 Å². The smallest absolute Gasteiger partial charge is 0.0179 e. The van der Waals surface area contributed by atoms with Crippen LogP contribution in [0.25, 0.3) is 0 Å². The Hall–Kier alpha value is -0.0900. The molecule has 0 rings (SSSR count). The van der Waals surface area contributed by atoms with Crippen LogP contribution in [0, 0.1) is 18.8 Å². The SMILES string of the molecule is [CH2]CCCCC#CCCSC. The molecular formula is C10H17S. The Morgan fingerprint density at radius 3 is 2.55 bits per heavy atom. The van der Waals surface area contributed by atoms with E-state index < -0.39 is 0 Å². The van der Waals surface area contributed by atoms with Gasteiger partial charge in [-0.1, -0.05) is 19.8 Å². The fourth-order valence-corrected chi connectivity index (χ4v) is 1.03. The van der Waals surface area contributed by atoms with E-state index in [4.69, 9.17) is 0 Å². The van der Waals surface area contributed by atoms with E-state index in [1.807, 2.05) is 11.8 Å². The van der Waals surface area contributed by atoms with Gasteiger partial charge >= 0.3 is 0 Å². The fourth-order valence-electron chi connectivity index (χ4n) is 0.720. The molecule has 0 aromatic rings. The third-order valence-electron chi connectivity index (χ3n) is 1.36. The van der Waals surface area contributed by atoms with Crippen molar-refractivity contribution in [1.82, 2.24) is 0 Å². The van der Waals surface area contributed by atoms with Gasteiger partial charge in [0.05, 0.1) is 0 Å². The molecule has 0 amide bonds. The van der Waals surface area contributed by atoms with Crippen molar-refractivity contribution in [3.05, 3.63) is 6.92 Å². The number of hydrogen-bond acceptors (Lipinski definition) is 1. The van der Waals surface area contributed by atoms with Gasteiger partial charge in [0, 0.05) is 18.6 Å². The first-order chi connectivity index (χ1) is 5.41. The van der Waals surface area contributed by atoms with E-state index in [0.29, 0.717) is 0 Å². The highest BCUT2D eigenvalue weighted by Crippen LogP contribution is 1.97. The van der Waals surface area contributed by atoms with Crippen molar-refractivity contribution in [3.8, 4) is 11.8 Å². The molecule has 0 atom stereocenters. The predicted molar refractivity (Wildman–Crippen MR) is 54.6 cm³/mol. The van der Waals surface area contributed by atoms with Crippen molar-refractivity contribution in [3.63, 3.8) is 0 Å². The van der Waals surface area contributed by atoms with Gasteiger partial charge in [0.15, 0.2) is 0 Å². The van der Waals surface area contributed by atoms with Gasteiger partial charge in [-0.3, -0.25) is 0 Å². The minimum atomic E-state index is 1.05. The molecule has 11 heavy (non-hydrogen) atoms. The normalized spacial score (nSPS) is 8.91. The second-order valence-corrected chi connectivity index (χ2v) is 3.39. The zero-order valence-electron chi connectivity index (χ0n) is 7.36. The molecule has 0 aromatic carbocycles. The summed E-state index contributed by atoms with van der Waals surface area (Å²) in [6, 6.07) is 0. The molecule has 63 valence electrons. The maximum Gasteiger partial charge on any atom is 0.0179 e. The van der Waals surface area contributed by atoms with Crippen molar-refractivity contribution in [2.24, 2.45) is 0 Å². The highest BCUT2D eigenvalue weighted by Gasteiger charge is 1.80. The van der Waals surface area contributed by atoms with Crippen LogP contribution in [-0.4, -0.2) is 12.0 Å². The highest BCUT2D eigenvalue weighted by atomic mass is 32.2. The van der Waals surface area contributed by atoms with E-state index in [-0.39, 0.29) is 0 Å². The van der Waals surface area contributed by atoms with Crippen molar-refractivity contribution < 1.29 is 0 Å². The minimum absolute atomic E-state index is 1.05. The Labute approximate surface area is 75.1 Å². The maximum atomic E-state index is 3.78. The monoisotopic (exact) mass is 169 g/mol. The molecule has 0 fully saturated rings. The Bertz CT molecular complexity index is 119. The molecule has 0 N–H and O–H groups in total. The fraction of sp³-hybridized carbons (Fsp3) is 0.700. The predicted octanol–water partition coefficient (Wildman–Crippen LogP) is 3.14. The molecule has 1 heteroatoms. The summed E-state index contributed by atoms with van der Waals surface area (Å²) in [5.74, 6) is 7.49. The van der Waals surface area contributed by atoms with Crippen LogP contribution in [-0.2, 0) is 0 Å². The molecule has 0 bridgehead atoms. The second kappa shape index (κ2) is 9.91. The summed E-state index contributed by atoms with van der Waals surface area (Å²) in [4.78, 5) is 0. The lowest BCUT2D eigenvalue weighted by molar-refractivity contribution is 0.770. The number of hydrogen-bond donors (Lipinski definition) is 0. The maximum absolute atomic E-state index is 3.78. The highest BCUT2D eigenvalue weighted by molar-refractivity contribution is 7.98. The quantitative estimate of drug-likeness (QED) is 0.450. The molecule has 0 spiro atoms. The lowest BCUT2D eigenvalue weighted by Gasteiger charge is -1.88. The molecule has 0 nitrogen and oxygen atoms in total. The zero-order valence-corrected chi connectivity index (χ0v) is 8.17. The van der Waals surface area contributed by atoms with Crippen molar-refractivity contribution in [2.45, 2.75) is 32.1 Å². The Morgan fingerprint density at radius 1 is 1.18 bits per heavy atom. The van der Waals surface area contributed by atoms with Gasteiger partial charge in [-0.25, -0.2) is 0 Å². The summed E-state index contributed by atoms with van der Waals surface area (Å²) in [5, 5.41) is 0. The summed E-state index contributed by atoms with van der Waals surface area (Å²) in [6.45, 7) is 3.78. The van der Waals surface area contributed by atoms with Crippen molar-refractivity contribution in [1.29, 1.82) is 0 Å². The summed E-state index contributed by atoms with van der Waals surface area (Å²) in [5.41, 5.74) is 0. The van der Waals surface area contributed by atoms with Crippen LogP contribution in [0.1, 0.15) is 32.1 Å². The second-order valence-electron chi connectivity index (χ2n) is 2.41. The summed E-state index contributed by atoms with van der Waals surface area (Å²) in [7, 11) is 0. The van der Waals surface area contributed by atoms with Crippen LogP contribution in [0.2, 0.25) is 0 Å². The first-order valence-electron chi connectivity index (χ1n) is 4.15. The molecule has 0 aromatic heterocycles. The van der Waals surface area contributed by atoms with Crippen LogP contribution in [0.4, 0.5) is 0 Å². The van der Waals surface area contributed by atoms with Gasteiger partial charge in [0.1, 0.15) is 0 Å². The van der Waals surface area contributed by atoms with Crippen LogP contribution < -0.4 is 0 Å². The molecule has 0 saturated heterocycles. The van der Waals surface area contributed by atoms with E-state index in [1.54, 1.807) is 0 Å². The van der Waals surface area contributed by atoms with Gasteiger partial charge in [-0.05, 0) is 12.7 Å². The topological polar surface area (TPSA) is 0 Å². The molecule has 0 aliphatic rings. The van der Waals surface area contributed by atoms with E-state index in [0.717, 1.165) is 19.3 Å². The molecule has 0 unspecified atom stereocenters. The molecule has 0 aliphatic carbocycles. The van der Waals surface area contributed by atoms with Gasteiger partial charge in [0.2, 0.25) is 0 Å². The number of unbranched alkanes of at least 4 members (excludes halogenated alkanes) is 3. The standard InChI is InChI=1S/C10H17S/c1-3-4-5-6-7-8-9-10-11-2/h1,3-6,9-10H2,2H3. The van der Waals surface area contributed by atoms with Crippen LogP contribution in [0.3, 0.4) is 0 Å². The van der Waals surface area contributed by atoms with Crippen molar-refractivity contribution >= 4 is 11.8 Å². The van der Waals surface area contributed by atoms with Crippen LogP contribution in [0.5, 0.6) is 0 Å². The average Bonchev–Trinajstić information content (AvgIpc) is 2.03. The largest absolute Gasteiger partial charge is 0.164 e. The summed E-state index contributed by atoms with van der Waals surface area (Å²) in [6.07, 6.45) is 7.71. The summed E-state index contributed by atoms with van der Waals surface area (Å²) >= 11 is 1.86. The molecule has 0 heterocycles. The first-order valence-corrected chi connectivity index (χ1v) is 5.55. The molecule has 0 saturated carbocycles. The minimum Gasteiger partial charge on any atom is -0.164 e. The van der Waals surface area contributed by atoms with Crippen LogP contribution >= 0.6 is 11.8 Å². The van der Waals surface area contributed by atoms with Gasteiger partial charge in [-0.2, -0.15) is 11.8 Å². The van der Waals surface area contributed by atoms with E-state index in [2.05, 4.69) is 25.0 Å². The number of rotatable bonds is 5. The van der Waals surface area contributed by atoms with E-state index >= 15 is 0 Å². The van der Waals surface area contributed by atoms with Crippen LogP contribution in [0.15, 0.2) is 0 Å². The lowest BCUT2D eigenvalue weighted by atomic mass is 10.2. The summed E-state index contributed by atoms with van der Waals surface area (Å²) < 4.78 is 0. The number of thioether (sulfide) groups is 1. The lowest BCUT2D eigenvalue weighted by Crippen LogP contribution is -1.74. The van der Waals surface area contributed by atoms with Crippen molar-refractivity contribution in [2.75, 3.05) is 12.0 Å². The van der Waals surface area contributed by atoms with Gasteiger partial charge in [0.25, 0.3) is 0 Å². The van der Waals surface area contributed by atoms with Gasteiger partial charge in [-0.15, -0.1) is 11.8 Å². The Kier molecular flexibility index (Phi) is 9.83. The third-order valence-corrected chi connectivity index (χ3v) is 1.97. The Balaban J connectivity index is 2.99. The molecule has 1 radical (unpaired) electrons. The first kappa shape index (κ1) is 10.9. The average molecular weight is 169 g/mol. The zero-order chi connectivity index (χ0) is 8.36. The molecular weight excluding hydrogens is 152 g/mol. The van der Waals surface area contributed by atoms with E-state index in [1.165, 1.54) is 18.6 Å². The van der Waals surface area contributed by atoms with Gasteiger partial charge < -0.3 is 0 Å².